The van der Waals surface area contributed by atoms with E-state index in [1.165, 1.54) is 6.07 Å². The molecule has 0 aliphatic rings. The number of anilines is 1. The lowest BCUT2D eigenvalue weighted by molar-refractivity contribution is 0.0526. The second kappa shape index (κ2) is 8.21. The Kier molecular flexibility index (Phi) is 6.62. The van der Waals surface area contributed by atoms with Crippen molar-refractivity contribution in [3.8, 4) is 0 Å². The van der Waals surface area contributed by atoms with E-state index in [-0.39, 0.29) is 5.56 Å². The predicted octanol–water partition coefficient (Wildman–Crippen LogP) is 2.50. The number of aromatic nitrogens is 1. The van der Waals surface area contributed by atoms with Crippen LogP contribution in [0, 0.1) is 0 Å². The van der Waals surface area contributed by atoms with Gasteiger partial charge in [0.15, 0.2) is 0 Å². The van der Waals surface area contributed by atoms with E-state index < -0.39 is 17.7 Å². The van der Waals surface area contributed by atoms with Crippen molar-refractivity contribution in [2.24, 2.45) is 0 Å². The number of unbranched alkanes of at least 4 members (excludes halogenated alkanes) is 1. The van der Waals surface area contributed by atoms with Crippen LogP contribution in [0.1, 0.15) is 44.0 Å². The van der Waals surface area contributed by atoms with E-state index in [2.05, 4.69) is 15.6 Å². The van der Waals surface area contributed by atoms with Crippen LogP contribution in [0.25, 0.3) is 0 Å². The Morgan fingerprint density at radius 3 is 2.59 bits per heavy atom. The van der Waals surface area contributed by atoms with Crippen molar-refractivity contribution in [3.05, 3.63) is 23.9 Å². The Balaban J connectivity index is 2.21. The maximum atomic E-state index is 11.4. The topological polar surface area (TPSA) is 101 Å². The van der Waals surface area contributed by atoms with Crippen LogP contribution in [0.4, 0.5) is 10.6 Å². The van der Waals surface area contributed by atoms with Crippen LogP contribution in [-0.4, -0.2) is 40.8 Å². The van der Waals surface area contributed by atoms with Gasteiger partial charge in [-0.3, -0.25) is 0 Å². The molecule has 122 valence electrons. The molecule has 0 aromatic carbocycles. The standard InChI is InChI=1S/C15H23N3O4/c1-15(2,3)22-14(21)18-9-5-4-8-16-12-11(13(19)20)7-6-10-17-12/h6-7,10H,4-5,8-9H2,1-3H3,(H,16,17)(H,18,21)(H,19,20). The highest BCUT2D eigenvalue weighted by molar-refractivity contribution is 5.92. The normalized spacial score (nSPS) is 10.9. The number of carbonyl (C=O) groups is 2. The number of amides is 1. The van der Waals surface area contributed by atoms with E-state index in [9.17, 15) is 9.59 Å². The molecule has 7 heteroatoms. The molecule has 1 rings (SSSR count). The molecule has 7 nitrogen and oxygen atoms in total. The number of carbonyl (C=O) groups excluding carboxylic acids is 1. The zero-order chi connectivity index (χ0) is 16.6. The lowest BCUT2D eigenvalue weighted by atomic mass is 10.2. The fourth-order valence-electron chi connectivity index (χ4n) is 1.68. The first kappa shape index (κ1) is 17.7. The molecule has 1 heterocycles. The number of alkyl carbamates (subject to hydrolysis) is 1. The number of aromatic carboxylic acids is 1. The second-order valence-electron chi connectivity index (χ2n) is 5.77. The van der Waals surface area contributed by atoms with Gasteiger partial charge in [0.1, 0.15) is 17.0 Å². The number of nitrogens with zero attached hydrogens (tertiary/aromatic N) is 1. The number of hydrogen-bond donors (Lipinski definition) is 3. The third-order valence-electron chi connectivity index (χ3n) is 2.60. The van der Waals surface area contributed by atoms with E-state index in [4.69, 9.17) is 9.84 Å². The van der Waals surface area contributed by atoms with Crippen molar-refractivity contribution < 1.29 is 19.4 Å². The summed E-state index contributed by atoms with van der Waals surface area (Å²) in [6.45, 7) is 6.51. The summed E-state index contributed by atoms with van der Waals surface area (Å²) >= 11 is 0. The van der Waals surface area contributed by atoms with Gasteiger partial charge in [0.2, 0.25) is 0 Å². The average Bonchev–Trinajstić information content (AvgIpc) is 2.41. The molecule has 0 aliphatic carbocycles. The van der Waals surface area contributed by atoms with Crippen molar-refractivity contribution in [3.63, 3.8) is 0 Å². The highest BCUT2D eigenvalue weighted by Gasteiger charge is 2.15. The molecule has 22 heavy (non-hydrogen) atoms. The number of carboxylic acids is 1. The molecule has 0 radical (unpaired) electrons. The fraction of sp³-hybridized carbons (Fsp3) is 0.533. The van der Waals surface area contributed by atoms with Gasteiger partial charge < -0.3 is 20.5 Å². The number of nitrogens with one attached hydrogen (secondary N) is 2. The van der Waals surface area contributed by atoms with Crippen LogP contribution >= 0.6 is 0 Å². The molecule has 3 N–H and O–H groups in total. The summed E-state index contributed by atoms with van der Waals surface area (Å²) in [5, 5.41) is 14.7. The maximum absolute atomic E-state index is 11.4. The Labute approximate surface area is 130 Å². The summed E-state index contributed by atoms with van der Waals surface area (Å²) in [7, 11) is 0. The van der Waals surface area contributed by atoms with Crippen molar-refractivity contribution in [2.45, 2.75) is 39.2 Å². The van der Waals surface area contributed by atoms with Gasteiger partial charge >= 0.3 is 12.1 Å². The monoisotopic (exact) mass is 309 g/mol. The van der Waals surface area contributed by atoms with Gasteiger partial charge in [0.25, 0.3) is 0 Å². The van der Waals surface area contributed by atoms with Crippen LogP contribution < -0.4 is 10.6 Å². The fourth-order valence-corrected chi connectivity index (χ4v) is 1.68. The lowest BCUT2D eigenvalue weighted by Crippen LogP contribution is -2.33. The molecule has 0 saturated carbocycles. The first-order valence-corrected chi connectivity index (χ1v) is 7.18. The third-order valence-corrected chi connectivity index (χ3v) is 2.60. The minimum absolute atomic E-state index is 0.148. The average molecular weight is 309 g/mol. The SMILES string of the molecule is CC(C)(C)OC(=O)NCCCCNc1ncccc1C(=O)O. The Hall–Kier alpha value is -2.31. The first-order chi connectivity index (χ1) is 10.3. The van der Waals surface area contributed by atoms with Crippen LogP contribution in [-0.2, 0) is 4.74 Å². The van der Waals surface area contributed by atoms with Crippen molar-refractivity contribution >= 4 is 17.9 Å². The van der Waals surface area contributed by atoms with E-state index in [0.717, 1.165) is 12.8 Å². The van der Waals surface area contributed by atoms with Gasteiger partial charge in [-0.15, -0.1) is 0 Å². The number of hydrogen-bond acceptors (Lipinski definition) is 5. The zero-order valence-electron chi connectivity index (χ0n) is 13.2. The highest BCUT2D eigenvalue weighted by Crippen LogP contribution is 2.11. The van der Waals surface area contributed by atoms with E-state index in [1.54, 1.807) is 12.3 Å². The van der Waals surface area contributed by atoms with Crippen LogP contribution in [0.5, 0.6) is 0 Å². The molecular formula is C15H23N3O4. The van der Waals surface area contributed by atoms with E-state index in [0.29, 0.717) is 18.9 Å². The van der Waals surface area contributed by atoms with Gasteiger partial charge in [0, 0.05) is 19.3 Å². The molecule has 0 saturated heterocycles. The third kappa shape index (κ3) is 6.92. The largest absolute Gasteiger partial charge is 0.478 e. The number of rotatable bonds is 7. The molecule has 0 fully saturated rings. The quantitative estimate of drug-likeness (QED) is 0.669. The minimum atomic E-state index is -1.01. The minimum Gasteiger partial charge on any atom is -0.478 e. The van der Waals surface area contributed by atoms with Gasteiger partial charge in [-0.05, 0) is 45.7 Å². The second-order valence-corrected chi connectivity index (χ2v) is 5.77. The molecule has 0 unspecified atom stereocenters. The van der Waals surface area contributed by atoms with Crippen LogP contribution in [0.15, 0.2) is 18.3 Å². The Morgan fingerprint density at radius 2 is 1.95 bits per heavy atom. The summed E-state index contributed by atoms with van der Waals surface area (Å²) in [5.74, 6) is -0.655. The van der Waals surface area contributed by atoms with Gasteiger partial charge in [-0.25, -0.2) is 14.6 Å². The molecule has 0 aliphatic heterocycles. The Morgan fingerprint density at radius 1 is 1.27 bits per heavy atom. The number of carboxylic acid groups (broad SMARTS) is 1. The summed E-state index contributed by atoms with van der Waals surface area (Å²) in [6.07, 6.45) is 2.63. The van der Waals surface area contributed by atoms with Crippen molar-refractivity contribution in [2.75, 3.05) is 18.4 Å². The van der Waals surface area contributed by atoms with Gasteiger partial charge in [-0.2, -0.15) is 0 Å². The summed E-state index contributed by atoms with van der Waals surface area (Å²) in [6, 6.07) is 3.08. The molecule has 0 bridgehead atoms. The van der Waals surface area contributed by atoms with E-state index >= 15 is 0 Å². The smallest absolute Gasteiger partial charge is 0.407 e. The summed E-state index contributed by atoms with van der Waals surface area (Å²) in [4.78, 5) is 26.4. The molecule has 0 spiro atoms. The van der Waals surface area contributed by atoms with Crippen LogP contribution in [0.2, 0.25) is 0 Å². The van der Waals surface area contributed by atoms with Gasteiger partial charge in [-0.1, -0.05) is 0 Å². The van der Waals surface area contributed by atoms with Gasteiger partial charge in [0.05, 0.1) is 0 Å². The van der Waals surface area contributed by atoms with Crippen molar-refractivity contribution in [1.82, 2.24) is 10.3 Å². The first-order valence-electron chi connectivity index (χ1n) is 7.18. The maximum Gasteiger partial charge on any atom is 0.407 e. The summed E-state index contributed by atoms with van der Waals surface area (Å²) < 4.78 is 5.11. The molecule has 1 aromatic heterocycles. The zero-order valence-corrected chi connectivity index (χ0v) is 13.2. The van der Waals surface area contributed by atoms with Crippen LogP contribution in [0.3, 0.4) is 0 Å². The predicted molar refractivity (Wildman–Crippen MR) is 83.2 cm³/mol. The number of ether oxygens (including phenoxy) is 1. The number of pyridine rings is 1. The molecule has 0 atom stereocenters. The summed E-state index contributed by atoms with van der Waals surface area (Å²) in [5.41, 5.74) is -0.355. The lowest BCUT2D eigenvalue weighted by Gasteiger charge is -2.19. The Bertz CT molecular complexity index is 512. The highest BCUT2D eigenvalue weighted by atomic mass is 16.6. The molecule has 1 aromatic rings. The molecular weight excluding hydrogens is 286 g/mol. The van der Waals surface area contributed by atoms with E-state index in [1.807, 2.05) is 20.8 Å². The molecule has 1 amide bonds. The van der Waals surface area contributed by atoms with Crippen molar-refractivity contribution in [1.29, 1.82) is 0 Å².